The topological polar surface area (TPSA) is 77.5 Å². The first-order valence-electron chi connectivity index (χ1n) is 7.39. The van der Waals surface area contributed by atoms with Crippen LogP contribution in [0.5, 0.6) is 0 Å². The summed E-state index contributed by atoms with van der Waals surface area (Å²) in [6.45, 7) is 3.28. The molecule has 1 atom stereocenters. The van der Waals surface area contributed by atoms with Crippen molar-refractivity contribution in [3.63, 3.8) is 0 Å². The normalized spacial score (nSPS) is 11.8. The molecule has 1 aromatic heterocycles. The Hall–Kier alpha value is -2.39. The van der Waals surface area contributed by atoms with Gasteiger partial charge in [0.15, 0.2) is 22.9 Å². The number of nitrogens with one attached hydrogen (secondary N) is 1. The Morgan fingerprint density at radius 1 is 1.32 bits per heavy atom. The predicted molar refractivity (Wildman–Crippen MR) is 88.1 cm³/mol. The highest BCUT2D eigenvalue weighted by Crippen LogP contribution is 2.26. The Labute approximate surface area is 146 Å². The molecule has 2 aromatic rings. The third kappa shape index (κ3) is 5.30. The third-order valence-corrected chi connectivity index (χ3v) is 3.81. The molecular weight excluding hydrogens is 354 g/mol. The van der Waals surface area contributed by atoms with E-state index in [9.17, 15) is 18.4 Å². The van der Waals surface area contributed by atoms with Crippen LogP contribution in [-0.2, 0) is 19.1 Å². The van der Waals surface area contributed by atoms with Crippen LogP contribution in [-0.4, -0.2) is 36.2 Å². The fraction of sp³-hybridized carbons (Fsp3) is 0.312. The zero-order valence-electron chi connectivity index (χ0n) is 13.5. The molecule has 0 bridgehead atoms. The zero-order valence-corrected chi connectivity index (χ0v) is 14.4. The number of ether oxygens (including phenoxy) is 2. The second-order valence-corrected chi connectivity index (χ2v) is 5.78. The fourth-order valence-electron chi connectivity index (χ4n) is 1.80. The fourth-order valence-corrected chi connectivity index (χ4v) is 2.52. The number of hydrogen-bond acceptors (Lipinski definition) is 6. The van der Waals surface area contributed by atoms with Gasteiger partial charge < -0.3 is 9.47 Å². The monoisotopic (exact) mass is 370 g/mol. The van der Waals surface area contributed by atoms with Crippen LogP contribution in [0.15, 0.2) is 23.6 Å². The van der Waals surface area contributed by atoms with Gasteiger partial charge in [-0.05, 0) is 32.0 Å². The lowest BCUT2D eigenvalue weighted by molar-refractivity contribution is -0.157. The number of esters is 1. The van der Waals surface area contributed by atoms with Crippen molar-refractivity contribution in [1.29, 1.82) is 0 Å². The van der Waals surface area contributed by atoms with Crippen LogP contribution < -0.4 is 5.32 Å². The Kier molecular flexibility index (Phi) is 6.54. The van der Waals surface area contributed by atoms with E-state index in [0.717, 1.165) is 23.5 Å². The predicted octanol–water partition coefficient (Wildman–Crippen LogP) is 3.00. The molecule has 0 saturated heterocycles. The molecule has 0 aliphatic heterocycles. The van der Waals surface area contributed by atoms with E-state index in [0.29, 0.717) is 17.9 Å². The van der Waals surface area contributed by atoms with Gasteiger partial charge in [0.2, 0.25) is 0 Å². The summed E-state index contributed by atoms with van der Waals surface area (Å²) in [6.07, 6.45) is -1.02. The maximum atomic E-state index is 13.3. The lowest BCUT2D eigenvalue weighted by Gasteiger charge is -2.12. The van der Waals surface area contributed by atoms with Crippen molar-refractivity contribution in [2.45, 2.75) is 20.0 Å². The van der Waals surface area contributed by atoms with E-state index in [4.69, 9.17) is 9.47 Å². The first kappa shape index (κ1) is 18.9. The van der Waals surface area contributed by atoms with Gasteiger partial charge in [-0.3, -0.25) is 10.1 Å². The van der Waals surface area contributed by atoms with Crippen molar-refractivity contribution in [2.75, 3.05) is 18.5 Å². The minimum Gasteiger partial charge on any atom is -0.451 e. The van der Waals surface area contributed by atoms with Crippen LogP contribution in [0.4, 0.5) is 13.9 Å². The van der Waals surface area contributed by atoms with E-state index in [-0.39, 0.29) is 11.7 Å². The number of thiazole rings is 1. The molecule has 0 spiro atoms. The quantitative estimate of drug-likeness (QED) is 0.758. The number of nitrogens with zero attached hydrogens (tertiary/aromatic N) is 1. The molecule has 2 rings (SSSR count). The number of anilines is 1. The molecule has 0 saturated carbocycles. The SMILES string of the molecule is CCOCC(=O)O[C@H](C)C(=O)Nc1nc(-c2ccc(F)c(F)c2)cs1. The van der Waals surface area contributed by atoms with E-state index in [1.807, 2.05) is 0 Å². The molecular formula is C16H16F2N2O4S. The molecule has 25 heavy (non-hydrogen) atoms. The standard InChI is InChI=1S/C16H16F2N2O4S/c1-3-23-7-14(21)24-9(2)15(22)20-16-19-13(8-25-16)10-4-5-11(17)12(18)6-10/h4-6,8-9H,3,7H2,1-2H3,(H,19,20,22)/t9-/m1/s1. The number of hydrogen-bond donors (Lipinski definition) is 1. The molecule has 9 heteroatoms. The van der Waals surface area contributed by atoms with Gasteiger partial charge in [0, 0.05) is 17.6 Å². The number of carbonyl (C=O) groups excluding carboxylic acids is 2. The van der Waals surface area contributed by atoms with Gasteiger partial charge in [0.05, 0.1) is 5.69 Å². The third-order valence-electron chi connectivity index (χ3n) is 3.05. The van der Waals surface area contributed by atoms with Crippen LogP contribution >= 0.6 is 11.3 Å². The van der Waals surface area contributed by atoms with Gasteiger partial charge in [-0.2, -0.15) is 0 Å². The van der Waals surface area contributed by atoms with Crippen molar-refractivity contribution < 1.29 is 27.8 Å². The molecule has 0 aliphatic carbocycles. The molecule has 134 valence electrons. The summed E-state index contributed by atoms with van der Waals surface area (Å²) in [6, 6.07) is 3.41. The first-order valence-corrected chi connectivity index (χ1v) is 8.27. The van der Waals surface area contributed by atoms with Gasteiger partial charge in [-0.25, -0.2) is 18.6 Å². The zero-order chi connectivity index (χ0) is 18.4. The number of halogens is 2. The van der Waals surface area contributed by atoms with Crippen molar-refractivity contribution in [3.05, 3.63) is 35.2 Å². The van der Waals surface area contributed by atoms with Crippen molar-refractivity contribution in [1.82, 2.24) is 4.98 Å². The summed E-state index contributed by atoms with van der Waals surface area (Å²) < 4.78 is 36.0. The summed E-state index contributed by atoms with van der Waals surface area (Å²) in [7, 11) is 0. The minimum absolute atomic E-state index is 0.231. The first-order chi connectivity index (χ1) is 11.9. The Bertz CT molecular complexity index is 766. The number of amides is 1. The van der Waals surface area contributed by atoms with E-state index in [1.165, 1.54) is 13.0 Å². The molecule has 0 radical (unpaired) electrons. The van der Waals surface area contributed by atoms with Crippen molar-refractivity contribution in [2.24, 2.45) is 0 Å². The van der Waals surface area contributed by atoms with Crippen LogP contribution in [0, 0.1) is 11.6 Å². The highest BCUT2D eigenvalue weighted by atomic mass is 32.1. The largest absolute Gasteiger partial charge is 0.451 e. The molecule has 6 nitrogen and oxygen atoms in total. The van der Waals surface area contributed by atoms with Crippen LogP contribution in [0.3, 0.4) is 0 Å². The highest BCUT2D eigenvalue weighted by molar-refractivity contribution is 7.14. The number of rotatable bonds is 7. The van der Waals surface area contributed by atoms with Gasteiger partial charge >= 0.3 is 5.97 Å². The van der Waals surface area contributed by atoms with E-state index in [1.54, 1.807) is 12.3 Å². The van der Waals surface area contributed by atoms with Crippen molar-refractivity contribution in [3.8, 4) is 11.3 Å². The van der Waals surface area contributed by atoms with Gasteiger partial charge in [-0.15, -0.1) is 11.3 Å². The maximum Gasteiger partial charge on any atom is 0.332 e. The molecule has 1 amide bonds. The second-order valence-electron chi connectivity index (χ2n) is 4.93. The Morgan fingerprint density at radius 2 is 2.08 bits per heavy atom. The van der Waals surface area contributed by atoms with Crippen LogP contribution in [0.2, 0.25) is 0 Å². The number of aromatic nitrogens is 1. The number of carbonyl (C=O) groups is 2. The van der Waals surface area contributed by atoms with E-state index < -0.39 is 29.6 Å². The molecule has 0 unspecified atom stereocenters. The summed E-state index contributed by atoms with van der Waals surface area (Å²) in [5, 5.41) is 4.34. The van der Waals surface area contributed by atoms with Crippen LogP contribution in [0.25, 0.3) is 11.3 Å². The summed E-state index contributed by atoms with van der Waals surface area (Å²) >= 11 is 1.11. The smallest absolute Gasteiger partial charge is 0.332 e. The number of benzene rings is 1. The summed E-state index contributed by atoms with van der Waals surface area (Å²) in [4.78, 5) is 27.5. The highest BCUT2D eigenvalue weighted by Gasteiger charge is 2.19. The molecule has 0 aliphatic rings. The lowest BCUT2D eigenvalue weighted by Crippen LogP contribution is -2.31. The van der Waals surface area contributed by atoms with E-state index >= 15 is 0 Å². The van der Waals surface area contributed by atoms with Crippen LogP contribution in [0.1, 0.15) is 13.8 Å². The summed E-state index contributed by atoms with van der Waals surface area (Å²) in [5.74, 6) is -3.14. The maximum absolute atomic E-state index is 13.3. The second kappa shape index (κ2) is 8.63. The molecule has 1 N–H and O–H groups in total. The van der Waals surface area contributed by atoms with Gasteiger partial charge in [0.25, 0.3) is 5.91 Å². The lowest BCUT2D eigenvalue weighted by atomic mass is 10.2. The average Bonchev–Trinajstić information content (AvgIpc) is 3.03. The molecule has 1 aromatic carbocycles. The molecule has 0 fully saturated rings. The molecule has 1 heterocycles. The van der Waals surface area contributed by atoms with Gasteiger partial charge in [-0.1, -0.05) is 0 Å². The minimum atomic E-state index is -1.02. The summed E-state index contributed by atoms with van der Waals surface area (Å²) in [5.41, 5.74) is 0.770. The van der Waals surface area contributed by atoms with E-state index in [2.05, 4.69) is 10.3 Å². The average molecular weight is 370 g/mol. The Balaban J connectivity index is 1.96. The van der Waals surface area contributed by atoms with Gasteiger partial charge in [0.1, 0.15) is 6.61 Å². The Morgan fingerprint density at radius 3 is 2.76 bits per heavy atom. The van der Waals surface area contributed by atoms with Crippen molar-refractivity contribution >= 4 is 28.3 Å².